The van der Waals surface area contributed by atoms with E-state index in [1.165, 1.54) is 23.1 Å². The van der Waals surface area contributed by atoms with Gasteiger partial charge < -0.3 is 10.6 Å². The number of fused-ring (bicyclic) bond motifs is 1. The molecule has 5 aromatic rings. The highest BCUT2D eigenvalue weighted by molar-refractivity contribution is 8.00. The molecule has 0 fully saturated rings. The lowest BCUT2D eigenvalue weighted by Crippen LogP contribution is -2.18. The first-order chi connectivity index (χ1) is 17.5. The first kappa shape index (κ1) is 24.1. The van der Waals surface area contributed by atoms with Crippen LogP contribution in [0.15, 0.2) is 108 Å². The Morgan fingerprint density at radius 3 is 2.33 bits per heavy atom. The Kier molecular flexibility index (Phi) is 7.32. The molecule has 0 spiro atoms. The minimum atomic E-state index is -0.481. The van der Waals surface area contributed by atoms with Crippen molar-refractivity contribution >= 4 is 67.5 Å². The quantitative estimate of drug-likeness (QED) is 0.212. The van der Waals surface area contributed by atoms with Gasteiger partial charge in [0.2, 0.25) is 5.91 Å². The molecule has 2 N–H and O–H groups in total. The molecule has 5 nitrogen and oxygen atoms in total. The fraction of sp³-hybridized carbons (Fsp3) is 0.0357. The minimum Gasteiger partial charge on any atom is -0.322 e. The zero-order valence-corrected chi connectivity index (χ0v) is 21.2. The number of thiazole rings is 1. The Hall–Kier alpha value is -3.65. The number of para-hydroxylation sites is 1. The summed E-state index contributed by atoms with van der Waals surface area (Å²) in [6, 6.07) is 31.6. The molecule has 1 atom stereocenters. The van der Waals surface area contributed by atoms with Gasteiger partial charge in [-0.3, -0.25) is 9.59 Å². The van der Waals surface area contributed by atoms with Crippen LogP contribution in [0.2, 0.25) is 5.02 Å². The Morgan fingerprint density at radius 1 is 0.833 bits per heavy atom. The van der Waals surface area contributed by atoms with Crippen LogP contribution in [0, 0.1) is 0 Å². The van der Waals surface area contributed by atoms with E-state index in [4.69, 9.17) is 11.6 Å². The number of thioether (sulfide) groups is 1. The number of carbonyl (C=O) groups excluding carboxylic acids is 2. The second-order valence-corrected chi connectivity index (χ2v) is 10.5. The van der Waals surface area contributed by atoms with Gasteiger partial charge in [-0.05, 0) is 60.2 Å². The molecule has 5 rings (SSSR count). The van der Waals surface area contributed by atoms with Crippen LogP contribution in [-0.2, 0) is 4.79 Å². The lowest BCUT2D eigenvalue weighted by atomic mass is 10.1. The summed E-state index contributed by atoms with van der Waals surface area (Å²) >= 11 is 8.88. The molecule has 8 heteroatoms. The van der Waals surface area contributed by atoms with Crippen molar-refractivity contribution in [1.82, 2.24) is 4.98 Å². The summed E-state index contributed by atoms with van der Waals surface area (Å²) in [6.45, 7) is 0. The second-order valence-electron chi connectivity index (χ2n) is 7.87. The van der Waals surface area contributed by atoms with Gasteiger partial charge in [0.05, 0.1) is 10.2 Å². The first-order valence-electron chi connectivity index (χ1n) is 11.1. The molecule has 1 aromatic heterocycles. The SMILES string of the molecule is O=C(Nc1ccc(SC(C(=O)Nc2nc3ccccc3s2)c2ccccc2)cc1)c1cccc(Cl)c1. The van der Waals surface area contributed by atoms with Crippen LogP contribution in [0.1, 0.15) is 21.2 Å². The van der Waals surface area contributed by atoms with Gasteiger partial charge in [-0.1, -0.05) is 71.5 Å². The highest BCUT2D eigenvalue weighted by Gasteiger charge is 2.23. The van der Waals surface area contributed by atoms with E-state index in [-0.39, 0.29) is 11.8 Å². The molecule has 0 aliphatic heterocycles. The maximum absolute atomic E-state index is 13.4. The van der Waals surface area contributed by atoms with Gasteiger partial charge in [-0.25, -0.2) is 4.98 Å². The molecular formula is C28H20ClN3O2S2. The van der Waals surface area contributed by atoms with Gasteiger partial charge in [0.25, 0.3) is 5.91 Å². The third kappa shape index (κ3) is 5.76. The van der Waals surface area contributed by atoms with Crippen molar-refractivity contribution < 1.29 is 9.59 Å². The van der Waals surface area contributed by atoms with E-state index in [1.54, 1.807) is 24.3 Å². The maximum Gasteiger partial charge on any atom is 0.255 e. The van der Waals surface area contributed by atoms with Crippen LogP contribution >= 0.6 is 34.7 Å². The van der Waals surface area contributed by atoms with Crippen molar-refractivity contribution in [2.45, 2.75) is 10.1 Å². The molecule has 0 aliphatic rings. The van der Waals surface area contributed by atoms with Crippen LogP contribution in [0.4, 0.5) is 10.8 Å². The summed E-state index contributed by atoms with van der Waals surface area (Å²) in [6.07, 6.45) is 0. The molecule has 2 amide bonds. The van der Waals surface area contributed by atoms with E-state index in [0.717, 1.165) is 20.7 Å². The largest absolute Gasteiger partial charge is 0.322 e. The van der Waals surface area contributed by atoms with E-state index >= 15 is 0 Å². The zero-order valence-electron chi connectivity index (χ0n) is 18.9. The Labute approximate surface area is 221 Å². The van der Waals surface area contributed by atoms with Gasteiger partial charge >= 0.3 is 0 Å². The summed E-state index contributed by atoms with van der Waals surface area (Å²) in [5.74, 6) is -0.390. The number of aromatic nitrogens is 1. The highest BCUT2D eigenvalue weighted by Crippen LogP contribution is 2.37. The first-order valence-corrected chi connectivity index (χ1v) is 13.2. The molecule has 0 radical (unpaired) electrons. The number of anilines is 2. The fourth-order valence-corrected chi connectivity index (χ4v) is 5.67. The second kappa shape index (κ2) is 11.0. The average Bonchev–Trinajstić information content (AvgIpc) is 3.31. The number of nitrogens with one attached hydrogen (secondary N) is 2. The number of amides is 2. The monoisotopic (exact) mass is 529 g/mol. The van der Waals surface area contributed by atoms with Crippen molar-refractivity contribution in [3.8, 4) is 0 Å². The predicted molar refractivity (Wildman–Crippen MR) is 149 cm³/mol. The molecule has 178 valence electrons. The molecule has 0 saturated carbocycles. The molecular weight excluding hydrogens is 510 g/mol. The normalized spacial score (nSPS) is 11.7. The van der Waals surface area contributed by atoms with Crippen molar-refractivity contribution in [2.75, 3.05) is 10.6 Å². The highest BCUT2D eigenvalue weighted by atomic mass is 35.5. The Bertz CT molecular complexity index is 1490. The van der Waals surface area contributed by atoms with Crippen LogP contribution < -0.4 is 10.6 Å². The molecule has 0 saturated heterocycles. The van der Waals surface area contributed by atoms with E-state index in [2.05, 4.69) is 15.6 Å². The summed E-state index contributed by atoms with van der Waals surface area (Å²) in [5, 5.41) is 6.46. The van der Waals surface area contributed by atoms with Crippen LogP contribution in [0.3, 0.4) is 0 Å². The molecule has 0 bridgehead atoms. The van der Waals surface area contributed by atoms with Crippen molar-refractivity contribution in [3.63, 3.8) is 0 Å². The topological polar surface area (TPSA) is 71.1 Å². The van der Waals surface area contributed by atoms with Gasteiger partial charge in [-0.15, -0.1) is 11.8 Å². The Balaban J connectivity index is 1.32. The van der Waals surface area contributed by atoms with E-state index in [9.17, 15) is 9.59 Å². The number of rotatable bonds is 7. The Morgan fingerprint density at radius 2 is 1.58 bits per heavy atom. The minimum absolute atomic E-state index is 0.149. The average molecular weight is 530 g/mol. The van der Waals surface area contributed by atoms with Gasteiger partial charge in [0, 0.05) is 21.2 Å². The van der Waals surface area contributed by atoms with E-state index in [1.807, 2.05) is 78.9 Å². The van der Waals surface area contributed by atoms with Crippen molar-refractivity contribution in [1.29, 1.82) is 0 Å². The van der Waals surface area contributed by atoms with Gasteiger partial charge in [0.1, 0.15) is 5.25 Å². The third-order valence-electron chi connectivity index (χ3n) is 5.32. The zero-order chi connectivity index (χ0) is 24.9. The number of halogens is 1. The van der Waals surface area contributed by atoms with Crippen molar-refractivity contribution in [3.05, 3.63) is 119 Å². The summed E-state index contributed by atoms with van der Waals surface area (Å²) in [4.78, 5) is 31.3. The maximum atomic E-state index is 13.4. The predicted octanol–water partition coefficient (Wildman–Crippen LogP) is 7.67. The van der Waals surface area contributed by atoms with Crippen molar-refractivity contribution in [2.24, 2.45) is 0 Å². The molecule has 1 heterocycles. The molecule has 0 aliphatic carbocycles. The standard InChI is InChI=1S/C28H20ClN3O2S2/c29-20-10-6-9-19(17-20)26(33)30-21-13-15-22(16-14-21)35-25(18-7-2-1-3-8-18)27(34)32-28-31-23-11-4-5-12-24(23)36-28/h1-17,25H,(H,30,33)(H,31,32,34). The summed E-state index contributed by atoms with van der Waals surface area (Å²) in [5.41, 5.74) is 2.88. The van der Waals surface area contributed by atoms with Crippen LogP contribution in [0.5, 0.6) is 0 Å². The molecule has 1 unspecified atom stereocenters. The summed E-state index contributed by atoms with van der Waals surface area (Å²) in [7, 11) is 0. The lowest BCUT2D eigenvalue weighted by molar-refractivity contribution is -0.115. The van der Waals surface area contributed by atoms with E-state index < -0.39 is 5.25 Å². The number of nitrogens with zero attached hydrogens (tertiary/aromatic N) is 1. The van der Waals surface area contributed by atoms with E-state index in [0.29, 0.717) is 21.4 Å². The lowest BCUT2D eigenvalue weighted by Gasteiger charge is -2.16. The third-order valence-corrected chi connectivity index (χ3v) is 7.77. The van der Waals surface area contributed by atoms with Crippen LogP contribution in [-0.4, -0.2) is 16.8 Å². The number of benzene rings is 4. The fourth-order valence-electron chi connectivity index (χ4n) is 3.58. The molecule has 36 heavy (non-hydrogen) atoms. The van der Waals surface area contributed by atoms with Gasteiger partial charge in [-0.2, -0.15) is 0 Å². The number of hydrogen-bond acceptors (Lipinski definition) is 5. The molecule has 4 aromatic carbocycles. The summed E-state index contributed by atoms with van der Waals surface area (Å²) < 4.78 is 1.02. The number of hydrogen-bond donors (Lipinski definition) is 2. The smallest absolute Gasteiger partial charge is 0.255 e. The van der Waals surface area contributed by atoms with Crippen LogP contribution in [0.25, 0.3) is 10.2 Å². The van der Waals surface area contributed by atoms with Gasteiger partial charge in [0.15, 0.2) is 5.13 Å². The number of carbonyl (C=O) groups is 2.